The molecule has 6 heteroatoms. The lowest BCUT2D eigenvalue weighted by Gasteiger charge is -2.30. The highest BCUT2D eigenvalue weighted by molar-refractivity contribution is 7.99. The predicted molar refractivity (Wildman–Crippen MR) is 71.5 cm³/mol. The van der Waals surface area contributed by atoms with E-state index in [1.165, 1.54) is 0 Å². The van der Waals surface area contributed by atoms with E-state index in [2.05, 4.69) is 6.92 Å². The maximum atomic E-state index is 6.02. The van der Waals surface area contributed by atoms with Crippen molar-refractivity contribution in [1.82, 2.24) is 0 Å². The summed E-state index contributed by atoms with van der Waals surface area (Å²) in [6, 6.07) is 0.682. The van der Waals surface area contributed by atoms with Gasteiger partial charge in [-0.15, -0.1) is 11.8 Å². The number of nitrogens with two attached hydrogens (primary N) is 1. The van der Waals surface area contributed by atoms with E-state index in [0.717, 1.165) is 5.75 Å². The topological polar surface area (TPSA) is 53.7 Å². The molecule has 0 fully saturated rings. The minimum absolute atomic E-state index is 0.0290. The molecule has 0 amide bonds. The van der Waals surface area contributed by atoms with E-state index >= 15 is 0 Å². The first-order chi connectivity index (χ1) is 7.64. The van der Waals surface area contributed by atoms with Gasteiger partial charge in [0.2, 0.25) is 0 Å². The second-order valence-corrected chi connectivity index (χ2v) is 7.34. The van der Waals surface area contributed by atoms with Crippen molar-refractivity contribution in [2.24, 2.45) is 5.73 Å². The van der Waals surface area contributed by atoms with E-state index in [9.17, 15) is 0 Å². The van der Waals surface area contributed by atoms with Crippen LogP contribution in [0.25, 0.3) is 0 Å². The van der Waals surface area contributed by atoms with Crippen LogP contribution in [-0.4, -0.2) is 39.8 Å². The lowest BCUT2D eigenvalue weighted by molar-refractivity contribution is 0.0713. The molecule has 2 N–H and O–H groups in total. The molecule has 0 bridgehead atoms. The van der Waals surface area contributed by atoms with Crippen molar-refractivity contribution >= 4 is 20.6 Å². The van der Waals surface area contributed by atoms with E-state index < -0.39 is 8.80 Å². The molecule has 1 atom stereocenters. The van der Waals surface area contributed by atoms with Gasteiger partial charge in [-0.05, 0) is 26.5 Å². The van der Waals surface area contributed by atoms with Crippen LogP contribution in [0, 0.1) is 0 Å². The Hall–Kier alpha value is 0.407. The monoisotopic (exact) mass is 267 g/mol. The van der Waals surface area contributed by atoms with E-state index in [0.29, 0.717) is 25.9 Å². The van der Waals surface area contributed by atoms with Crippen LogP contribution in [-0.2, 0) is 13.3 Å². The largest absolute Gasteiger partial charge is 0.503 e. The predicted octanol–water partition coefficient (Wildman–Crippen LogP) is 2.07. The van der Waals surface area contributed by atoms with Gasteiger partial charge in [-0.3, -0.25) is 0 Å². The molecule has 0 heterocycles. The van der Waals surface area contributed by atoms with Crippen LogP contribution in [0.2, 0.25) is 6.04 Å². The molecular formula is C10H25NO3SSi. The molecule has 0 saturated heterocycles. The summed E-state index contributed by atoms with van der Waals surface area (Å²) >= 11 is 1.71. The van der Waals surface area contributed by atoms with E-state index in [4.69, 9.17) is 19.0 Å². The first-order valence-electron chi connectivity index (χ1n) is 5.93. The van der Waals surface area contributed by atoms with E-state index in [-0.39, 0.29) is 5.37 Å². The molecule has 0 radical (unpaired) electrons. The third-order valence-corrected chi connectivity index (χ3v) is 6.27. The molecule has 0 rings (SSSR count). The van der Waals surface area contributed by atoms with Crippen molar-refractivity contribution < 1.29 is 13.3 Å². The Kier molecular flexibility index (Phi) is 9.68. The van der Waals surface area contributed by atoms with E-state index in [1.54, 1.807) is 11.8 Å². The lowest BCUT2D eigenvalue weighted by atomic mass is 10.8. The molecule has 1 unspecified atom stereocenters. The molecular weight excluding hydrogens is 242 g/mol. The standard InChI is InChI=1S/C10H25NO3SSi/c1-5-12-16(13-6-2,14-7-3)9-10(11)15-8-4/h10H,5-9,11H2,1-4H3. The second-order valence-electron chi connectivity index (χ2n) is 3.18. The zero-order chi connectivity index (χ0) is 12.4. The second kappa shape index (κ2) is 9.44. The number of hydrogen-bond donors (Lipinski definition) is 1. The third kappa shape index (κ3) is 6.22. The Balaban J connectivity index is 4.44. The Labute approximate surface area is 105 Å². The molecule has 0 aromatic heterocycles. The van der Waals surface area contributed by atoms with Crippen LogP contribution in [0.5, 0.6) is 0 Å². The van der Waals surface area contributed by atoms with Crippen LogP contribution >= 0.6 is 11.8 Å². The normalized spacial score (nSPS) is 14.1. The van der Waals surface area contributed by atoms with Gasteiger partial charge in [0.15, 0.2) is 0 Å². The summed E-state index contributed by atoms with van der Waals surface area (Å²) in [6.45, 7) is 9.78. The zero-order valence-electron chi connectivity index (χ0n) is 10.8. The van der Waals surface area contributed by atoms with Gasteiger partial charge in [-0.2, -0.15) is 0 Å². The summed E-state index contributed by atoms with van der Waals surface area (Å²) in [7, 11) is -2.54. The molecule has 0 spiro atoms. The van der Waals surface area contributed by atoms with E-state index in [1.807, 2.05) is 20.8 Å². The molecule has 16 heavy (non-hydrogen) atoms. The number of hydrogen-bond acceptors (Lipinski definition) is 5. The molecule has 0 aliphatic carbocycles. The van der Waals surface area contributed by atoms with Gasteiger partial charge >= 0.3 is 8.80 Å². The quantitative estimate of drug-likeness (QED) is 0.485. The molecule has 0 aliphatic heterocycles. The maximum Gasteiger partial charge on any atom is 0.503 e. The van der Waals surface area contributed by atoms with Crippen molar-refractivity contribution in [3.8, 4) is 0 Å². The molecule has 4 nitrogen and oxygen atoms in total. The molecule has 0 aromatic rings. The summed E-state index contributed by atoms with van der Waals surface area (Å²) in [4.78, 5) is 0. The lowest BCUT2D eigenvalue weighted by Crippen LogP contribution is -2.49. The first-order valence-corrected chi connectivity index (χ1v) is 8.91. The number of rotatable bonds is 10. The van der Waals surface area contributed by atoms with Gasteiger partial charge in [0, 0.05) is 25.9 Å². The highest BCUT2D eigenvalue weighted by atomic mass is 32.2. The molecule has 98 valence electrons. The SMILES string of the molecule is CCO[Si](CC(N)SCC)(OCC)OCC. The highest BCUT2D eigenvalue weighted by Gasteiger charge is 2.42. The molecule has 0 aromatic carbocycles. The Bertz CT molecular complexity index is 157. The van der Waals surface area contributed by atoms with Crippen molar-refractivity contribution in [2.45, 2.75) is 39.1 Å². The van der Waals surface area contributed by atoms with Crippen LogP contribution in [0.4, 0.5) is 0 Å². The van der Waals surface area contributed by atoms with Gasteiger partial charge in [0.1, 0.15) is 0 Å². The average Bonchev–Trinajstić information content (AvgIpc) is 2.18. The average molecular weight is 267 g/mol. The van der Waals surface area contributed by atoms with Crippen LogP contribution in [0.1, 0.15) is 27.7 Å². The summed E-state index contributed by atoms with van der Waals surface area (Å²) in [5, 5.41) is 0.0290. The van der Waals surface area contributed by atoms with Crippen molar-refractivity contribution in [1.29, 1.82) is 0 Å². The Morgan fingerprint density at radius 3 is 1.75 bits per heavy atom. The molecule has 0 aliphatic rings. The fourth-order valence-electron chi connectivity index (χ4n) is 1.48. The fraction of sp³-hybridized carbons (Fsp3) is 1.00. The Morgan fingerprint density at radius 1 is 1.00 bits per heavy atom. The summed E-state index contributed by atoms with van der Waals surface area (Å²) < 4.78 is 17.2. The summed E-state index contributed by atoms with van der Waals surface area (Å²) in [5.41, 5.74) is 6.02. The van der Waals surface area contributed by atoms with Gasteiger partial charge < -0.3 is 19.0 Å². The third-order valence-electron chi connectivity index (χ3n) is 1.92. The van der Waals surface area contributed by atoms with Crippen LogP contribution in [0.15, 0.2) is 0 Å². The first kappa shape index (κ1) is 16.4. The minimum atomic E-state index is -2.54. The molecule has 0 saturated carbocycles. The van der Waals surface area contributed by atoms with Crippen LogP contribution in [0.3, 0.4) is 0 Å². The van der Waals surface area contributed by atoms with Gasteiger partial charge in [-0.1, -0.05) is 6.92 Å². The van der Waals surface area contributed by atoms with Crippen molar-refractivity contribution in [3.05, 3.63) is 0 Å². The smallest absolute Gasteiger partial charge is 0.374 e. The summed E-state index contributed by atoms with van der Waals surface area (Å²) in [6.07, 6.45) is 0. The highest BCUT2D eigenvalue weighted by Crippen LogP contribution is 2.22. The number of thioether (sulfide) groups is 1. The zero-order valence-corrected chi connectivity index (χ0v) is 12.6. The maximum absolute atomic E-state index is 6.02. The Morgan fingerprint density at radius 2 is 1.44 bits per heavy atom. The fourth-order valence-corrected chi connectivity index (χ4v) is 5.41. The van der Waals surface area contributed by atoms with Gasteiger partial charge in [0.25, 0.3) is 0 Å². The van der Waals surface area contributed by atoms with Gasteiger partial charge in [-0.25, -0.2) is 0 Å². The van der Waals surface area contributed by atoms with Crippen molar-refractivity contribution in [2.75, 3.05) is 25.6 Å². The minimum Gasteiger partial charge on any atom is -0.374 e. The summed E-state index contributed by atoms with van der Waals surface area (Å²) in [5.74, 6) is 0.996. The van der Waals surface area contributed by atoms with Gasteiger partial charge in [0.05, 0.1) is 5.37 Å². The van der Waals surface area contributed by atoms with Crippen molar-refractivity contribution in [3.63, 3.8) is 0 Å². The van der Waals surface area contributed by atoms with Crippen LogP contribution < -0.4 is 5.73 Å².